The van der Waals surface area contributed by atoms with E-state index in [0.29, 0.717) is 18.7 Å². The highest BCUT2D eigenvalue weighted by Crippen LogP contribution is 2.36. The molecule has 1 aliphatic heterocycles. The van der Waals surface area contributed by atoms with E-state index in [2.05, 4.69) is 66.7 Å². The van der Waals surface area contributed by atoms with Gasteiger partial charge in [-0.2, -0.15) is 0 Å². The van der Waals surface area contributed by atoms with Crippen molar-refractivity contribution in [2.24, 2.45) is 5.92 Å². The predicted octanol–water partition coefficient (Wildman–Crippen LogP) is 3.13. The lowest BCUT2D eigenvalue weighted by Gasteiger charge is -2.36. The number of rotatable bonds is 9. The number of nitrogens with one attached hydrogen (secondary N) is 1. The van der Waals surface area contributed by atoms with E-state index in [0.717, 1.165) is 16.9 Å². The molecular weight excluding hydrogens is 380 g/mol. The third kappa shape index (κ3) is 4.51. The van der Waals surface area contributed by atoms with E-state index in [9.17, 15) is 0 Å². The first-order valence-electron chi connectivity index (χ1n) is 11.6. The smallest absolute Gasteiger partial charge is 0.165 e. The van der Waals surface area contributed by atoms with Crippen LogP contribution in [0, 0.1) is 12.8 Å². The van der Waals surface area contributed by atoms with Crippen LogP contribution in [-0.2, 0) is 9.47 Å². The van der Waals surface area contributed by atoms with Crippen molar-refractivity contribution in [3.63, 3.8) is 0 Å². The average molecular weight is 421 g/mol. The first-order chi connectivity index (χ1) is 14.6. The van der Waals surface area contributed by atoms with Crippen molar-refractivity contribution >= 4 is 11.2 Å². The van der Waals surface area contributed by atoms with Gasteiger partial charge in [-0.05, 0) is 48.1 Å². The van der Waals surface area contributed by atoms with Gasteiger partial charge in [0.05, 0.1) is 24.7 Å². The summed E-state index contributed by atoms with van der Waals surface area (Å²) < 4.78 is 22.8. The zero-order valence-corrected chi connectivity index (χ0v) is 19.5. The van der Waals surface area contributed by atoms with Crippen LogP contribution >= 0.6 is 0 Å². The summed E-state index contributed by atoms with van der Waals surface area (Å²) >= 11 is 0. The fraction of sp³-hybridized carbons (Fsp3) is 0.773. The summed E-state index contributed by atoms with van der Waals surface area (Å²) in [7, 11) is 0. The lowest BCUT2D eigenvalue weighted by atomic mass is 9.99. The molecule has 3 unspecified atom stereocenters. The summed E-state index contributed by atoms with van der Waals surface area (Å²) in [5.74, 6) is 0.107. The first kappa shape index (κ1) is 21.6. The predicted molar refractivity (Wildman–Crippen MR) is 118 cm³/mol. The van der Waals surface area contributed by atoms with Crippen molar-refractivity contribution in [3.8, 4) is 0 Å². The monoisotopic (exact) mass is 420 g/mol. The molecule has 1 fully saturated rings. The Morgan fingerprint density at radius 1 is 1.23 bits per heavy atom. The quantitative estimate of drug-likeness (QED) is 0.625. The second-order valence-electron chi connectivity index (χ2n) is 8.76. The van der Waals surface area contributed by atoms with Gasteiger partial charge in [0.1, 0.15) is 24.3 Å². The molecule has 3 rings (SSSR count). The number of hydrogen-bond acceptors (Lipinski definition) is 7. The molecule has 0 saturated carbocycles. The minimum atomic E-state index is -0.401. The molecule has 0 aromatic carbocycles. The number of aryl methyl sites for hydroxylation is 1. The van der Waals surface area contributed by atoms with Gasteiger partial charge in [0.2, 0.25) is 0 Å². The van der Waals surface area contributed by atoms with Crippen LogP contribution in [-0.4, -0.2) is 68.0 Å². The van der Waals surface area contributed by atoms with E-state index in [1.165, 1.54) is 0 Å². The van der Waals surface area contributed by atoms with Crippen molar-refractivity contribution in [1.29, 1.82) is 0 Å². The Hall–Kier alpha value is -1.61. The second-order valence-corrected chi connectivity index (χ2v) is 8.76. The van der Waals surface area contributed by atoms with Crippen molar-refractivity contribution in [1.82, 2.24) is 29.7 Å². The molecule has 0 radical (unpaired) electrons. The molecular formula is C22H38N6O2. The van der Waals surface area contributed by atoms with Crippen molar-refractivity contribution in [2.45, 2.75) is 92.1 Å². The van der Waals surface area contributed by atoms with Crippen molar-refractivity contribution in [2.75, 3.05) is 13.1 Å². The number of aromatic nitrogens is 4. The highest BCUT2D eigenvalue weighted by molar-refractivity contribution is 5.72. The van der Waals surface area contributed by atoms with Gasteiger partial charge in [0.25, 0.3) is 0 Å². The minimum Gasteiger partial charge on any atom is -0.361 e. The van der Waals surface area contributed by atoms with Crippen LogP contribution in [0.2, 0.25) is 0 Å². The first-order valence-corrected chi connectivity index (χ1v) is 11.0. The van der Waals surface area contributed by atoms with Crippen LogP contribution in [0.15, 0.2) is 12.7 Å². The Bertz CT molecular complexity index is 850. The van der Waals surface area contributed by atoms with E-state index in [1.807, 2.05) is 18.4 Å². The fourth-order valence-corrected chi connectivity index (χ4v) is 4.73. The number of imidazole rings is 1. The Morgan fingerprint density at radius 2 is 1.93 bits per heavy atom. The van der Waals surface area contributed by atoms with Gasteiger partial charge in [-0.25, -0.2) is 15.0 Å². The van der Waals surface area contributed by atoms with Crippen LogP contribution < -0.4 is 5.32 Å². The molecule has 1 aliphatic rings. The van der Waals surface area contributed by atoms with Crippen molar-refractivity contribution in [3.05, 3.63) is 18.3 Å². The maximum atomic E-state index is 8.06. The maximum Gasteiger partial charge on any atom is 0.165 e. The molecule has 1 N–H and O–H groups in total. The van der Waals surface area contributed by atoms with Crippen LogP contribution in [0.5, 0.6) is 0 Å². The fourth-order valence-electron chi connectivity index (χ4n) is 4.73. The van der Waals surface area contributed by atoms with Crippen molar-refractivity contribution < 1.29 is 10.8 Å². The van der Waals surface area contributed by atoms with E-state index in [-0.39, 0.29) is 30.5 Å². The molecule has 0 bridgehead atoms. The Labute approximate surface area is 181 Å². The third-order valence-corrected chi connectivity index (χ3v) is 6.02. The summed E-state index contributed by atoms with van der Waals surface area (Å²) in [4.78, 5) is 15.5. The normalized spacial score (nSPS) is 27.4. The van der Waals surface area contributed by atoms with E-state index < -0.39 is 6.52 Å². The van der Waals surface area contributed by atoms with Gasteiger partial charge in [-0.15, -0.1) is 0 Å². The van der Waals surface area contributed by atoms with Crippen LogP contribution in [0.3, 0.4) is 0 Å². The molecule has 0 amide bonds. The highest BCUT2D eigenvalue weighted by atomic mass is 16.6. The molecule has 8 nitrogen and oxygen atoms in total. The molecule has 2 aromatic heterocycles. The molecule has 1 saturated heterocycles. The van der Waals surface area contributed by atoms with Crippen LogP contribution in [0.4, 0.5) is 0 Å². The summed E-state index contributed by atoms with van der Waals surface area (Å²) in [5.41, 5.74) is 2.40. The molecule has 2 aromatic rings. The Morgan fingerprint density at radius 3 is 2.57 bits per heavy atom. The van der Waals surface area contributed by atoms with Gasteiger partial charge < -0.3 is 14.8 Å². The van der Waals surface area contributed by atoms with E-state index in [1.54, 1.807) is 12.7 Å². The number of hydrogen-bond donors (Lipinski definition) is 1. The third-order valence-electron chi connectivity index (χ3n) is 6.02. The molecule has 6 atom stereocenters. The van der Waals surface area contributed by atoms with Crippen LogP contribution in [0.25, 0.3) is 11.2 Å². The lowest BCUT2D eigenvalue weighted by Crippen LogP contribution is -2.47. The van der Waals surface area contributed by atoms with Gasteiger partial charge in [0, 0.05) is 25.4 Å². The molecule has 30 heavy (non-hydrogen) atoms. The number of likely N-dealkylation sites (N-methyl/N-ethyl adjacent to an activating group) is 1. The molecule has 0 aliphatic carbocycles. The zero-order valence-electron chi connectivity index (χ0n) is 20.5. The number of fused-ring (bicyclic) bond motifs is 1. The van der Waals surface area contributed by atoms with Gasteiger partial charge >= 0.3 is 0 Å². The molecule has 0 spiro atoms. The highest BCUT2D eigenvalue weighted by Gasteiger charge is 2.43. The zero-order chi connectivity index (χ0) is 22.9. The van der Waals surface area contributed by atoms with Crippen LogP contribution in [0.1, 0.15) is 61.8 Å². The second kappa shape index (κ2) is 9.68. The lowest BCUT2D eigenvalue weighted by molar-refractivity contribution is -0.118. The van der Waals surface area contributed by atoms with E-state index in [4.69, 9.17) is 10.8 Å². The Kier molecular flexibility index (Phi) is 6.98. The topological polar surface area (TPSA) is 77.3 Å². The SMILES string of the molecule is [3H]C(C)NC1[C@@H](COC(C)N(C(C)C)C(C)C)O[C@@H](n2cnc3c(C)ncnc32)[C@H]1C. The average Bonchev–Trinajstić information content (AvgIpc) is 3.22. The molecule has 8 heteroatoms. The number of nitrogens with zero attached hydrogens (tertiary/aromatic N) is 5. The van der Waals surface area contributed by atoms with Gasteiger partial charge in [-0.1, -0.05) is 13.8 Å². The minimum absolute atomic E-state index is 0.0170. The van der Waals surface area contributed by atoms with E-state index >= 15 is 0 Å². The largest absolute Gasteiger partial charge is 0.361 e. The Balaban J connectivity index is 1.80. The summed E-state index contributed by atoms with van der Waals surface area (Å²) in [6, 6.07) is 0.749. The van der Waals surface area contributed by atoms with Gasteiger partial charge in [0.15, 0.2) is 5.65 Å². The summed E-state index contributed by atoms with van der Waals surface area (Å²) in [5, 5.41) is 3.37. The van der Waals surface area contributed by atoms with Gasteiger partial charge in [-0.3, -0.25) is 9.47 Å². The summed E-state index contributed by atoms with van der Waals surface area (Å²) in [6.45, 7) is 16.8. The maximum absolute atomic E-state index is 8.06. The molecule has 168 valence electrons. The standard InChI is InChI=1S/C22H38N6O2/c1-9-23-19-15(6)22(27-12-26-20-16(7)24-11-25-21(20)27)30-18(19)10-29-17(8)28(13(2)3)14(4)5/h11-15,17-19,22-23H,9-10H2,1-8H3/t15-,17?,18+,19?,22+/m0/s1/i9T/t9?,15-,17?,18+,19?,22+. The summed E-state index contributed by atoms with van der Waals surface area (Å²) in [6.07, 6.45) is 2.88. The number of ether oxygens (including phenoxy) is 2. The molecule has 3 heterocycles.